The number of anilines is 1. The molecule has 0 bridgehead atoms. The first-order chi connectivity index (χ1) is 11.2. The van der Waals surface area contributed by atoms with Gasteiger partial charge in [-0.1, -0.05) is 20.8 Å². The van der Waals surface area contributed by atoms with E-state index in [2.05, 4.69) is 26.5 Å². The molecule has 1 unspecified atom stereocenters. The van der Waals surface area contributed by atoms with Crippen LogP contribution in [0.3, 0.4) is 0 Å². The van der Waals surface area contributed by atoms with E-state index in [1.807, 2.05) is 34.6 Å². The summed E-state index contributed by atoms with van der Waals surface area (Å²) in [6.45, 7) is 11.8. The van der Waals surface area contributed by atoms with Gasteiger partial charge in [0.25, 0.3) is 0 Å². The first kappa shape index (κ1) is 18.2. The van der Waals surface area contributed by atoms with Gasteiger partial charge in [0.2, 0.25) is 5.91 Å². The van der Waals surface area contributed by atoms with Crippen LogP contribution in [0.4, 0.5) is 5.82 Å². The van der Waals surface area contributed by atoms with E-state index in [0.717, 1.165) is 37.2 Å². The van der Waals surface area contributed by atoms with Crippen LogP contribution in [0.25, 0.3) is 0 Å². The van der Waals surface area contributed by atoms with Gasteiger partial charge in [0.05, 0.1) is 5.69 Å². The number of carbonyl (C=O) groups excluding carboxylic acids is 1. The van der Waals surface area contributed by atoms with Crippen molar-refractivity contribution in [3.8, 4) is 6.07 Å². The molecule has 2 rings (SSSR count). The third kappa shape index (κ3) is 4.02. The molecule has 1 amide bonds. The van der Waals surface area contributed by atoms with Crippen molar-refractivity contribution >= 4 is 11.7 Å². The number of nitriles is 1. The Bertz CT molecular complexity index is 657. The van der Waals surface area contributed by atoms with Crippen LogP contribution in [-0.4, -0.2) is 35.7 Å². The van der Waals surface area contributed by atoms with Crippen molar-refractivity contribution in [3.05, 3.63) is 16.8 Å². The molecule has 130 valence electrons. The molecule has 1 fully saturated rings. The van der Waals surface area contributed by atoms with Gasteiger partial charge in [0.1, 0.15) is 11.6 Å². The van der Waals surface area contributed by atoms with Crippen LogP contribution < -0.4 is 10.2 Å². The van der Waals surface area contributed by atoms with Crippen molar-refractivity contribution in [2.24, 2.45) is 11.3 Å². The maximum Gasteiger partial charge on any atom is 0.225 e. The number of hydrogen-bond acceptors (Lipinski definition) is 5. The predicted molar refractivity (Wildman–Crippen MR) is 93.6 cm³/mol. The van der Waals surface area contributed by atoms with Crippen LogP contribution in [-0.2, 0) is 4.79 Å². The quantitative estimate of drug-likeness (QED) is 0.920. The molecule has 6 heteroatoms. The summed E-state index contributed by atoms with van der Waals surface area (Å²) < 4.78 is 0. The van der Waals surface area contributed by atoms with Crippen molar-refractivity contribution in [2.45, 2.75) is 47.5 Å². The fourth-order valence-corrected chi connectivity index (χ4v) is 2.88. The number of nitrogens with one attached hydrogen (secondary N) is 1. The minimum Gasteiger partial charge on any atom is -0.355 e. The average molecular weight is 329 g/mol. The second-order valence-corrected chi connectivity index (χ2v) is 7.64. The summed E-state index contributed by atoms with van der Waals surface area (Å²) in [4.78, 5) is 14.2. The van der Waals surface area contributed by atoms with Gasteiger partial charge in [-0.25, -0.2) is 0 Å². The summed E-state index contributed by atoms with van der Waals surface area (Å²) in [7, 11) is 0. The van der Waals surface area contributed by atoms with E-state index in [-0.39, 0.29) is 11.3 Å². The Morgan fingerprint density at radius 3 is 2.71 bits per heavy atom. The first-order valence-electron chi connectivity index (χ1n) is 8.51. The lowest BCUT2D eigenvalue weighted by Crippen LogP contribution is -2.44. The molecule has 0 aliphatic carbocycles. The molecular formula is C18H27N5O. The Morgan fingerprint density at radius 2 is 2.08 bits per heavy atom. The third-order valence-corrected chi connectivity index (χ3v) is 4.60. The van der Waals surface area contributed by atoms with E-state index < -0.39 is 0 Å². The molecule has 1 N–H and O–H groups in total. The molecule has 6 nitrogen and oxygen atoms in total. The molecule has 1 aliphatic heterocycles. The maximum atomic E-state index is 12.1. The molecule has 0 spiro atoms. The van der Waals surface area contributed by atoms with E-state index in [0.29, 0.717) is 23.8 Å². The second kappa shape index (κ2) is 7.16. The van der Waals surface area contributed by atoms with Gasteiger partial charge in [-0.3, -0.25) is 4.79 Å². The van der Waals surface area contributed by atoms with Crippen LogP contribution in [0.15, 0.2) is 0 Å². The second-order valence-electron chi connectivity index (χ2n) is 7.64. The van der Waals surface area contributed by atoms with Gasteiger partial charge in [-0.2, -0.15) is 10.4 Å². The van der Waals surface area contributed by atoms with Gasteiger partial charge < -0.3 is 10.2 Å². The summed E-state index contributed by atoms with van der Waals surface area (Å²) in [6, 6.07) is 2.27. The van der Waals surface area contributed by atoms with Gasteiger partial charge in [0.15, 0.2) is 5.82 Å². The lowest BCUT2D eigenvalue weighted by Gasteiger charge is -2.34. The molecule has 0 saturated carbocycles. The van der Waals surface area contributed by atoms with Crippen LogP contribution >= 0.6 is 0 Å². The molecule has 1 saturated heterocycles. The summed E-state index contributed by atoms with van der Waals surface area (Å²) in [6.07, 6.45) is 2.09. The zero-order valence-corrected chi connectivity index (χ0v) is 15.3. The summed E-state index contributed by atoms with van der Waals surface area (Å²) in [5.41, 5.74) is 1.93. The standard InChI is InChI=1S/C18H27N5O/c1-12-13(2)21-22-16(15(12)9-19)23-8-6-7-14(11-23)10-20-17(24)18(3,4)5/h14H,6-8,10-11H2,1-5H3,(H,20,24). The van der Waals surface area contributed by atoms with Gasteiger partial charge in [-0.15, -0.1) is 5.10 Å². The van der Waals surface area contributed by atoms with E-state index in [1.54, 1.807) is 0 Å². The molecule has 1 aromatic rings. The zero-order valence-electron chi connectivity index (χ0n) is 15.3. The van der Waals surface area contributed by atoms with Crippen molar-refractivity contribution in [3.63, 3.8) is 0 Å². The fraction of sp³-hybridized carbons (Fsp3) is 0.667. The van der Waals surface area contributed by atoms with Crippen molar-refractivity contribution in [1.29, 1.82) is 5.26 Å². The van der Waals surface area contributed by atoms with Crippen LogP contribution in [0.5, 0.6) is 0 Å². The van der Waals surface area contributed by atoms with Crippen molar-refractivity contribution in [2.75, 3.05) is 24.5 Å². The number of piperidine rings is 1. The van der Waals surface area contributed by atoms with Gasteiger partial charge in [0, 0.05) is 25.0 Å². The number of aromatic nitrogens is 2. The Hall–Kier alpha value is -2.16. The first-order valence-corrected chi connectivity index (χ1v) is 8.51. The molecule has 1 aliphatic rings. The van der Waals surface area contributed by atoms with E-state index in [9.17, 15) is 10.1 Å². The fourth-order valence-electron chi connectivity index (χ4n) is 2.88. The molecule has 0 radical (unpaired) electrons. The highest BCUT2D eigenvalue weighted by Crippen LogP contribution is 2.26. The molecule has 0 aromatic carbocycles. The number of amides is 1. The van der Waals surface area contributed by atoms with E-state index >= 15 is 0 Å². The molecule has 2 heterocycles. The monoisotopic (exact) mass is 329 g/mol. The summed E-state index contributed by atoms with van der Waals surface area (Å²) in [5, 5.41) is 21.0. The number of aryl methyl sites for hydroxylation is 1. The topological polar surface area (TPSA) is 81.9 Å². The predicted octanol–water partition coefficient (Wildman–Crippen LogP) is 2.34. The Balaban J connectivity index is 2.08. The van der Waals surface area contributed by atoms with Crippen LogP contribution in [0.1, 0.15) is 50.4 Å². The van der Waals surface area contributed by atoms with Crippen molar-refractivity contribution in [1.82, 2.24) is 15.5 Å². The van der Waals surface area contributed by atoms with Gasteiger partial charge >= 0.3 is 0 Å². The van der Waals surface area contributed by atoms with E-state index in [1.165, 1.54) is 0 Å². The zero-order chi connectivity index (χ0) is 17.9. The van der Waals surface area contributed by atoms with E-state index in [4.69, 9.17) is 0 Å². The molecular weight excluding hydrogens is 302 g/mol. The highest BCUT2D eigenvalue weighted by atomic mass is 16.2. The summed E-state index contributed by atoms with van der Waals surface area (Å²) >= 11 is 0. The average Bonchev–Trinajstić information content (AvgIpc) is 2.54. The molecule has 1 atom stereocenters. The number of carbonyl (C=O) groups is 1. The largest absolute Gasteiger partial charge is 0.355 e. The van der Waals surface area contributed by atoms with Crippen molar-refractivity contribution < 1.29 is 4.79 Å². The summed E-state index contributed by atoms with van der Waals surface area (Å²) in [5.74, 6) is 1.11. The van der Waals surface area contributed by atoms with Crippen LogP contribution in [0.2, 0.25) is 0 Å². The third-order valence-electron chi connectivity index (χ3n) is 4.60. The molecule has 24 heavy (non-hydrogen) atoms. The highest BCUT2D eigenvalue weighted by Gasteiger charge is 2.26. The lowest BCUT2D eigenvalue weighted by molar-refractivity contribution is -0.128. The minimum atomic E-state index is -0.373. The Morgan fingerprint density at radius 1 is 1.38 bits per heavy atom. The van der Waals surface area contributed by atoms with Crippen LogP contribution in [0, 0.1) is 36.5 Å². The number of hydrogen-bond donors (Lipinski definition) is 1. The number of rotatable bonds is 3. The Kier molecular flexibility index (Phi) is 5.43. The maximum absolute atomic E-state index is 12.1. The SMILES string of the molecule is Cc1nnc(N2CCCC(CNC(=O)C(C)(C)C)C2)c(C#N)c1C. The Labute approximate surface area is 144 Å². The molecule has 1 aromatic heterocycles. The smallest absolute Gasteiger partial charge is 0.225 e. The van der Waals surface area contributed by atoms with Gasteiger partial charge in [-0.05, 0) is 38.2 Å². The lowest BCUT2D eigenvalue weighted by atomic mass is 9.94. The highest BCUT2D eigenvalue weighted by molar-refractivity contribution is 5.81. The normalized spacial score (nSPS) is 18.2. The minimum absolute atomic E-state index is 0.0725. The number of nitrogens with zero attached hydrogens (tertiary/aromatic N) is 4.